The molecular weight excluding hydrogens is 208 g/mol. The van der Waals surface area contributed by atoms with Crippen LogP contribution in [0, 0.1) is 6.92 Å². The fourth-order valence-corrected chi connectivity index (χ4v) is 1.04. The third-order valence-electron chi connectivity index (χ3n) is 2.08. The molecule has 1 aromatic heterocycles. The van der Waals surface area contributed by atoms with Gasteiger partial charge in [-0.05, 0) is 26.0 Å². The Balaban J connectivity index is 2.69. The number of carbonyl (C=O) groups is 1. The summed E-state index contributed by atoms with van der Waals surface area (Å²) >= 11 is 0. The van der Waals surface area contributed by atoms with Gasteiger partial charge in [0, 0.05) is 11.9 Å². The molecule has 1 rings (SSSR count). The second kappa shape index (κ2) is 5.11. The number of nitrogens with two attached hydrogens (primary N) is 1. The first-order valence-corrected chi connectivity index (χ1v) is 4.75. The first kappa shape index (κ1) is 12.0. The van der Waals surface area contributed by atoms with E-state index >= 15 is 0 Å². The number of amides is 1. The van der Waals surface area contributed by atoms with Gasteiger partial charge < -0.3 is 16.3 Å². The zero-order valence-electron chi connectivity index (χ0n) is 9.14. The molecule has 1 heterocycles. The lowest BCUT2D eigenvalue weighted by Crippen LogP contribution is -2.42. The average molecular weight is 222 g/mol. The fourth-order valence-electron chi connectivity index (χ4n) is 1.04. The first-order chi connectivity index (χ1) is 7.54. The molecular formula is C10H14N4O2. The van der Waals surface area contributed by atoms with Gasteiger partial charge in [0.25, 0.3) is 5.91 Å². The molecule has 86 valence electrons. The zero-order valence-corrected chi connectivity index (χ0v) is 9.14. The van der Waals surface area contributed by atoms with Gasteiger partial charge in [0.15, 0.2) is 5.84 Å². The van der Waals surface area contributed by atoms with Crippen molar-refractivity contribution in [2.24, 2.45) is 10.9 Å². The number of amidine groups is 1. The fraction of sp³-hybridized carbons (Fsp3) is 0.300. The van der Waals surface area contributed by atoms with Crippen LogP contribution in [0.4, 0.5) is 0 Å². The Morgan fingerprint density at radius 2 is 2.31 bits per heavy atom. The Kier molecular flexibility index (Phi) is 3.82. The van der Waals surface area contributed by atoms with Gasteiger partial charge in [-0.15, -0.1) is 0 Å². The molecule has 0 saturated carbocycles. The van der Waals surface area contributed by atoms with E-state index in [1.165, 1.54) is 6.20 Å². The maximum Gasteiger partial charge on any atom is 0.253 e. The van der Waals surface area contributed by atoms with E-state index in [0.717, 1.165) is 5.69 Å². The maximum atomic E-state index is 11.6. The summed E-state index contributed by atoms with van der Waals surface area (Å²) in [6.07, 6.45) is 1.48. The third kappa shape index (κ3) is 2.94. The molecule has 0 saturated heterocycles. The van der Waals surface area contributed by atoms with E-state index in [1.807, 2.05) is 6.92 Å². The van der Waals surface area contributed by atoms with E-state index in [9.17, 15) is 4.79 Å². The van der Waals surface area contributed by atoms with Crippen molar-refractivity contribution in [1.29, 1.82) is 0 Å². The summed E-state index contributed by atoms with van der Waals surface area (Å²) in [4.78, 5) is 15.6. The lowest BCUT2D eigenvalue weighted by Gasteiger charge is -2.11. The highest BCUT2D eigenvalue weighted by atomic mass is 16.4. The minimum atomic E-state index is -0.529. The molecule has 1 atom stereocenters. The summed E-state index contributed by atoms with van der Waals surface area (Å²) in [6, 6.07) is 2.87. The average Bonchev–Trinajstić information content (AvgIpc) is 2.28. The van der Waals surface area contributed by atoms with Gasteiger partial charge in [-0.3, -0.25) is 9.78 Å². The minimum Gasteiger partial charge on any atom is -0.409 e. The van der Waals surface area contributed by atoms with E-state index in [2.05, 4.69) is 15.5 Å². The van der Waals surface area contributed by atoms with Crippen molar-refractivity contribution >= 4 is 11.7 Å². The number of oxime groups is 1. The van der Waals surface area contributed by atoms with E-state index in [4.69, 9.17) is 10.9 Å². The highest BCUT2D eigenvalue weighted by Crippen LogP contribution is 1.99. The number of aromatic nitrogens is 1. The molecule has 1 aromatic rings. The van der Waals surface area contributed by atoms with Gasteiger partial charge in [0.1, 0.15) is 0 Å². The molecule has 0 aliphatic carbocycles. The topological polar surface area (TPSA) is 101 Å². The number of hydrogen-bond acceptors (Lipinski definition) is 4. The Morgan fingerprint density at radius 1 is 1.62 bits per heavy atom. The van der Waals surface area contributed by atoms with Crippen molar-refractivity contribution in [3.8, 4) is 0 Å². The second-order valence-electron chi connectivity index (χ2n) is 3.41. The minimum absolute atomic E-state index is 0.0478. The molecule has 0 fully saturated rings. The number of rotatable bonds is 3. The number of carbonyl (C=O) groups excluding carboxylic acids is 1. The predicted molar refractivity (Wildman–Crippen MR) is 59.3 cm³/mol. The van der Waals surface area contributed by atoms with Crippen molar-refractivity contribution in [1.82, 2.24) is 10.3 Å². The molecule has 0 radical (unpaired) electrons. The van der Waals surface area contributed by atoms with Crippen LogP contribution < -0.4 is 11.1 Å². The molecule has 0 spiro atoms. The molecule has 1 unspecified atom stereocenters. The highest BCUT2D eigenvalue weighted by Gasteiger charge is 2.12. The summed E-state index contributed by atoms with van der Waals surface area (Å²) in [7, 11) is 0. The van der Waals surface area contributed by atoms with Crippen molar-refractivity contribution in [3.05, 3.63) is 29.6 Å². The van der Waals surface area contributed by atoms with Crippen LogP contribution in [0.15, 0.2) is 23.5 Å². The number of aryl methyl sites for hydroxylation is 1. The number of hydrogen-bond donors (Lipinski definition) is 3. The summed E-state index contributed by atoms with van der Waals surface area (Å²) in [5, 5.41) is 13.8. The Hall–Kier alpha value is -2.11. The van der Waals surface area contributed by atoms with Gasteiger partial charge in [-0.25, -0.2) is 0 Å². The summed E-state index contributed by atoms with van der Waals surface area (Å²) in [5.41, 5.74) is 6.60. The quantitative estimate of drug-likeness (QED) is 0.295. The molecule has 6 heteroatoms. The Morgan fingerprint density at radius 3 is 2.81 bits per heavy atom. The van der Waals surface area contributed by atoms with Crippen LogP contribution in [0.1, 0.15) is 23.0 Å². The Bertz CT molecular complexity index is 400. The van der Waals surface area contributed by atoms with Crippen molar-refractivity contribution in [2.75, 3.05) is 0 Å². The Labute approximate surface area is 93.2 Å². The van der Waals surface area contributed by atoms with Crippen LogP contribution in [-0.4, -0.2) is 28.0 Å². The van der Waals surface area contributed by atoms with Gasteiger partial charge in [0.2, 0.25) is 0 Å². The summed E-state index contributed by atoms with van der Waals surface area (Å²) in [5.74, 6) is -0.361. The molecule has 0 aliphatic rings. The molecule has 6 nitrogen and oxygen atoms in total. The second-order valence-corrected chi connectivity index (χ2v) is 3.41. The highest BCUT2D eigenvalue weighted by molar-refractivity contribution is 5.97. The molecule has 16 heavy (non-hydrogen) atoms. The summed E-state index contributed by atoms with van der Waals surface area (Å²) in [6.45, 7) is 3.45. The normalized spacial score (nSPS) is 13.2. The van der Waals surface area contributed by atoms with Crippen molar-refractivity contribution in [3.63, 3.8) is 0 Å². The van der Waals surface area contributed by atoms with Crippen LogP contribution in [0.5, 0.6) is 0 Å². The maximum absolute atomic E-state index is 11.6. The third-order valence-corrected chi connectivity index (χ3v) is 2.08. The number of nitrogens with zero attached hydrogens (tertiary/aromatic N) is 2. The van der Waals surface area contributed by atoms with Crippen LogP contribution in [0.3, 0.4) is 0 Å². The van der Waals surface area contributed by atoms with E-state index in [-0.39, 0.29) is 11.7 Å². The largest absolute Gasteiger partial charge is 0.409 e. The molecule has 0 bridgehead atoms. The molecule has 4 N–H and O–H groups in total. The predicted octanol–water partition coefficient (Wildman–Crippen LogP) is 0.255. The van der Waals surface area contributed by atoms with Gasteiger partial charge in [-0.2, -0.15) is 0 Å². The van der Waals surface area contributed by atoms with Crippen LogP contribution in [0.25, 0.3) is 0 Å². The standard InChI is InChI=1S/C10H14N4O2/c1-6-3-4-8(5-12-6)10(15)13-7(2)9(11)14-16/h3-5,7,16H,1-2H3,(H2,11,14)(H,13,15). The number of nitrogens with one attached hydrogen (secondary N) is 1. The van der Waals surface area contributed by atoms with Crippen LogP contribution in [-0.2, 0) is 0 Å². The smallest absolute Gasteiger partial charge is 0.253 e. The van der Waals surface area contributed by atoms with Gasteiger partial charge in [-0.1, -0.05) is 5.16 Å². The summed E-state index contributed by atoms with van der Waals surface area (Å²) < 4.78 is 0. The molecule has 0 aliphatic heterocycles. The van der Waals surface area contributed by atoms with E-state index in [0.29, 0.717) is 5.56 Å². The SMILES string of the molecule is Cc1ccc(C(=O)NC(C)/C(N)=N/O)cn1. The van der Waals surface area contributed by atoms with Crippen LogP contribution in [0.2, 0.25) is 0 Å². The van der Waals surface area contributed by atoms with Gasteiger partial charge in [0.05, 0.1) is 11.6 Å². The lowest BCUT2D eigenvalue weighted by molar-refractivity contribution is 0.0948. The zero-order chi connectivity index (χ0) is 12.1. The van der Waals surface area contributed by atoms with Gasteiger partial charge >= 0.3 is 0 Å². The van der Waals surface area contributed by atoms with E-state index in [1.54, 1.807) is 19.1 Å². The first-order valence-electron chi connectivity index (χ1n) is 4.75. The molecule has 1 amide bonds. The number of pyridine rings is 1. The monoisotopic (exact) mass is 222 g/mol. The van der Waals surface area contributed by atoms with Crippen molar-refractivity contribution < 1.29 is 10.0 Å². The van der Waals surface area contributed by atoms with Crippen LogP contribution >= 0.6 is 0 Å². The lowest BCUT2D eigenvalue weighted by atomic mass is 10.2. The van der Waals surface area contributed by atoms with Crippen molar-refractivity contribution in [2.45, 2.75) is 19.9 Å². The van der Waals surface area contributed by atoms with E-state index < -0.39 is 6.04 Å². The molecule has 0 aromatic carbocycles.